The number of anilines is 1. The van der Waals surface area contributed by atoms with Gasteiger partial charge < -0.3 is 25.4 Å². The van der Waals surface area contributed by atoms with Crippen molar-refractivity contribution in [2.24, 2.45) is 4.99 Å². The number of aromatic hydroxyl groups is 1. The summed E-state index contributed by atoms with van der Waals surface area (Å²) in [4.78, 5) is 57.4. The van der Waals surface area contributed by atoms with Gasteiger partial charge in [0.25, 0.3) is 38.0 Å². The molecule has 0 spiro atoms. The third-order valence-corrected chi connectivity index (χ3v) is 16.4. The Morgan fingerprint density at radius 3 is 2.11 bits per heavy atom. The van der Waals surface area contributed by atoms with Crippen molar-refractivity contribution in [3.8, 4) is 11.5 Å². The summed E-state index contributed by atoms with van der Waals surface area (Å²) >= 11 is 0. The number of amides is 4. The number of aliphatic imine (C=N–C) groups is 1. The van der Waals surface area contributed by atoms with E-state index in [2.05, 4.69) is 15.5 Å². The predicted octanol–water partition coefficient (Wildman–Crippen LogP) is 8.08. The van der Waals surface area contributed by atoms with E-state index in [1.165, 1.54) is 36.4 Å². The van der Waals surface area contributed by atoms with Crippen molar-refractivity contribution in [3.63, 3.8) is 0 Å². The molecule has 5 N–H and O–H groups in total. The van der Waals surface area contributed by atoms with Crippen LogP contribution >= 0.6 is 0 Å². The average molecular weight is 1080 g/mol. The number of nitrogens with one attached hydrogen (secondary N) is 2. The molecular weight excluding hydrogens is 1010 g/mol. The van der Waals surface area contributed by atoms with Gasteiger partial charge in [-0.05, 0) is 136 Å². The lowest BCUT2D eigenvalue weighted by Crippen LogP contribution is -2.51. The number of phenolic OH excluding ortho intramolecular Hbond substituents is 1. The summed E-state index contributed by atoms with van der Waals surface area (Å²) in [6.45, 7) is 18.4. The van der Waals surface area contributed by atoms with Crippen LogP contribution in [0.15, 0.2) is 112 Å². The Balaban J connectivity index is 1.14. The van der Waals surface area contributed by atoms with Crippen molar-refractivity contribution in [1.29, 1.82) is 0 Å². The number of carbonyl (C=O) groups excluding carboxylic acids is 4. The molecule has 3 aliphatic rings. The van der Waals surface area contributed by atoms with Gasteiger partial charge in [-0.25, -0.2) is 0 Å². The van der Waals surface area contributed by atoms with E-state index in [9.17, 15) is 50.2 Å². The van der Waals surface area contributed by atoms with E-state index in [4.69, 9.17) is 9.73 Å². The summed E-state index contributed by atoms with van der Waals surface area (Å²) < 4.78 is 75.0. The number of ether oxygens (including phenoxy) is 1. The SMILES string of the molecule is Cc1ccc(S(=O)(=O)O)cc1C(C)(C)C(/C=C/C=C/C=C/C=C1/N(CCCCCC(=O)NCCN2C(=O)C=CC2=O)c2ccc(S(=O)(=O)O)cc2C1(C)C)=NCCCNC(=O)C1(C)CCc2c(C)c(O)c(C)c(C)c2O1. The number of hydrogen-bond donors (Lipinski definition) is 5. The van der Waals surface area contributed by atoms with Crippen LogP contribution in [0.1, 0.15) is 112 Å². The van der Waals surface area contributed by atoms with Gasteiger partial charge in [0.2, 0.25) is 5.91 Å². The molecule has 0 fully saturated rings. The summed E-state index contributed by atoms with van der Waals surface area (Å²) in [5.41, 5.74) is 5.02. The first-order valence-electron chi connectivity index (χ1n) is 25.4. The number of allylic oxidation sites excluding steroid dienone is 8. The maximum absolute atomic E-state index is 13.6. The molecule has 1 unspecified atom stereocenters. The van der Waals surface area contributed by atoms with Crippen molar-refractivity contribution in [1.82, 2.24) is 15.5 Å². The molecule has 0 aliphatic carbocycles. The second-order valence-corrected chi connectivity index (χ2v) is 23.6. The van der Waals surface area contributed by atoms with Crippen LogP contribution in [0, 0.1) is 27.7 Å². The lowest BCUT2D eigenvalue weighted by atomic mass is 9.77. The van der Waals surface area contributed by atoms with Gasteiger partial charge in [-0.1, -0.05) is 70.6 Å². The minimum atomic E-state index is -4.50. The zero-order valence-electron chi connectivity index (χ0n) is 44.8. The molecule has 19 heteroatoms. The minimum Gasteiger partial charge on any atom is -0.507 e. The van der Waals surface area contributed by atoms with E-state index in [1.54, 1.807) is 19.1 Å². The second-order valence-electron chi connectivity index (χ2n) is 20.8. The number of unbranched alkanes of at least 4 members (excludes halogenated alkanes) is 2. The molecule has 3 aromatic rings. The molecule has 0 radical (unpaired) electrons. The molecular formula is C57H71N5O12S2. The first kappa shape index (κ1) is 58.6. The highest BCUT2D eigenvalue weighted by Crippen LogP contribution is 2.49. The Hall–Kier alpha value is -6.67. The molecule has 3 heterocycles. The topological polar surface area (TPSA) is 249 Å². The zero-order chi connectivity index (χ0) is 56.0. The largest absolute Gasteiger partial charge is 0.507 e. The van der Waals surface area contributed by atoms with Gasteiger partial charge in [-0.2, -0.15) is 16.8 Å². The predicted molar refractivity (Wildman–Crippen MR) is 293 cm³/mol. The zero-order valence-corrected chi connectivity index (χ0v) is 46.5. The number of nitrogens with zero attached hydrogens (tertiary/aromatic N) is 3. The molecule has 0 aromatic heterocycles. The number of carbonyl (C=O) groups is 4. The van der Waals surface area contributed by atoms with Gasteiger partial charge >= 0.3 is 0 Å². The van der Waals surface area contributed by atoms with Crippen molar-refractivity contribution in [3.05, 3.63) is 136 Å². The second kappa shape index (κ2) is 23.7. The number of fused-ring (bicyclic) bond motifs is 2. The molecule has 17 nitrogen and oxygen atoms in total. The summed E-state index contributed by atoms with van der Waals surface area (Å²) in [6, 6.07) is 9.01. The number of rotatable bonds is 22. The standard InChI is InChI=1S/C57H71N5O12S2/c1-37-22-23-41(75(68,69)70)35-44(37)55(5,6)47(58-30-18-31-60-54(67)57(9)29-28-43-40(4)52(66)38(2)39(3)53(43)74-57)19-14-11-10-12-15-20-48-56(7,8)45-36-42(76(71,72)73)24-25-46(45)61(48)33-17-13-16-21-49(63)59-32-34-62-50(64)26-27-51(62)65/h10-12,14-15,19-20,22-27,35-36,66H,13,16-18,21,28-34H2,1-9H3,(H,59,63)(H,60,67)(H,68,69,70)(H,71,72,73)/b11-10+,15-12+,19-14+,48-20+,58-47?. The third-order valence-electron chi connectivity index (χ3n) is 14.7. The minimum absolute atomic E-state index is 0.0939. The summed E-state index contributed by atoms with van der Waals surface area (Å²) in [5, 5.41) is 16.4. The Kier molecular flexibility index (Phi) is 18.3. The molecule has 1 atom stereocenters. The summed E-state index contributed by atoms with van der Waals surface area (Å²) in [7, 11) is -8.97. The first-order valence-corrected chi connectivity index (χ1v) is 28.3. The fraction of sp³-hybridized carbons (Fsp3) is 0.421. The molecule has 76 heavy (non-hydrogen) atoms. The van der Waals surface area contributed by atoms with Crippen molar-refractivity contribution < 1.29 is 55.0 Å². The van der Waals surface area contributed by atoms with Crippen LogP contribution < -0.4 is 20.3 Å². The Morgan fingerprint density at radius 2 is 1.42 bits per heavy atom. The highest BCUT2D eigenvalue weighted by Gasteiger charge is 2.42. The van der Waals surface area contributed by atoms with E-state index >= 15 is 0 Å². The van der Waals surface area contributed by atoms with Gasteiger partial charge in [0.1, 0.15) is 11.5 Å². The van der Waals surface area contributed by atoms with Crippen LogP contribution in [0.4, 0.5) is 5.69 Å². The molecule has 6 rings (SSSR count). The number of aryl methyl sites for hydroxylation is 1. The number of phenols is 1. The fourth-order valence-electron chi connectivity index (χ4n) is 9.93. The van der Waals surface area contributed by atoms with E-state index in [0.717, 1.165) is 49.7 Å². The van der Waals surface area contributed by atoms with Crippen LogP contribution in [0.3, 0.4) is 0 Å². The lowest BCUT2D eigenvalue weighted by molar-refractivity contribution is -0.137. The van der Waals surface area contributed by atoms with E-state index in [0.29, 0.717) is 75.2 Å². The van der Waals surface area contributed by atoms with Crippen molar-refractivity contribution >= 4 is 55.3 Å². The smallest absolute Gasteiger partial charge is 0.294 e. The number of imide groups is 1. The van der Waals surface area contributed by atoms with Crippen LogP contribution in [0.2, 0.25) is 0 Å². The molecule has 3 aliphatic heterocycles. The Bertz CT molecular complexity index is 3190. The van der Waals surface area contributed by atoms with Crippen molar-refractivity contribution in [2.75, 3.05) is 37.6 Å². The fourth-order valence-corrected chi connectivity index (χ4v) is 10.9. The van der Waals surface area contributed by atoms with E-state index < -0.39 is 48.5 Å². The maximum atomic E-state index is 13.6. The van der Waals surface area contributed by atoms with Crippen LogP contribution in [0.5, 0.6) is 11.5 Å². The molecule has 3 aromatic carbocycles. The van der Waals surface area contributed by atoms with Gasteiger partial charge in [0.05, 0.1) is 9.79 Å². The Morgan fingerprint density at radius 1 is 0.776 bits per heavy atom. The molecule has 0 saturated carbocycles. The molecule has 0 saturated heterocycles. The van der Waals surface area contributed by atoms with Crippen molar-refractivity contribution in [2.45, 2.75) is 133 Å². The van der Waals surface area contributed by atoms with Gasteiger partial charge in [0.15, 0.2) is 5.60 Å². The summed E-state index contributed by atoms with van der Waals surface area (Å²) in [5.74, 6) is -0.368. The summed E-state index contributed by atoms with van der Waals surface area (Å²) in [6.07, 6.45) is 19.1. The number of hydrogen-bond acceptors (Lipinski definition) is 12. The van der Waals surface area contributed by atoms with Crippen LogP contribution in [0.25, 0.3) is 0 Å². The van der Waals surface area contributed by atoms with E-state index in [1.807, 2.05) is 97.9 Å². The van der Waals surface area contributed by atoms with E-state index in [-0.39, 0.29) is 46.9 Å². The maximum Gasteiger partial charge on any atom is 0.294 e. The molecule has 4 amide bonds. The number of benzene rings is 3. The lowest BCUT2D eigenvalue weighted by Gasteiger charge is -2.36. The first-order chi connectivity index (χ1) is 35.6. The average Bonchev–Trinajstić information content (AvgIpc) is 3.79. The van der Waals surface area contributed by atoms with Crippen LogP contribution in [-0.4, -0.2) is 104 Å². The van der Waals surface area contributed by atoms with Crippen LogP contribution in [-0.2, 0) is 56.7 Å². The van der Waals surface area contributed by atoms with Gasteiger partial charge in [-0.15, -0.1) is 0 Å². The highest BCUT2D eigenvalue weighted by molar-refractivity contribution is 7.86. The third kappa shape index (κ3) is 13.3. The Labute approximate surface area is 447 Å². The molecule has 0 bridgehead atoms. The normalized spacial score (nSPS) is 18.4. The molecule has 408 valence electrons. The van der Waals surface area contributed by atoms with Gasteiger partial charge in [0, 0.05) is 91.2 Å². The monoisotopic (exact) mass is 1080 g/mol. The highest BCUT2D eigenvalue weighted by atomic mass is 32.2. The van der Waals surface area contributed by atoms with Gasteiger partial charge in [-0.3, -0.25) is 38.2 Å². The quantitative estimate of drug-likeness (QED) is 0.0210.